The Labute approximate surface area is 111 Å². The molecule has 4 nitrogen and oxygen atoms in total. The molecule has 2 aromatic rings. The van der Waals surface area contributed by atoms with Gasteiger partial charge in [0.25, 0.3) is 5.91 Å². The molecule has 1 N–H and O–H groups in total. The zero-order valence-electron chi connectivity index (χ0n) is 10.3. The number of halogens is 1. The number of aromatic nitrogens is 2. The molecule has 0 atom stereocenters. The molecule has 0 saturated heterocycles. The number of benzene rings is 1. The van der Waals surface area contributed by atoms with Gasteiger partial charge in [0, 0.05) is 17.3 Å². The molecule has 0 aliphatic heterocycles. The highest BCUT2D eigenvalue weighted by Crippen LogP contribution is 2.14. The number of nitrogens with one attached hydrogen (secondary N) is 1. The quantitative estimate of drug-likeness (QED) is 0.925. The van der Waals surface area contributed by atoms with Crippen LogP contribution in [0.3, 0.4) is 0 Å². The van der Waals surface area contributed by atoms with E-state index in [0.717, 1.165) is 5.69 Å². The van der Waals surface area contributed by atoms with Gasteiger partial charge in [0.2, 0.25) is 0 Å². The summed E-state index contributed by atoms with van der Waals surface area (Å²) in [6, 6.07) is 8.77. The van der Waals surface area contributed by atoms with Crippen molar-refractivity contribution in [3.05, 3.63) is 46.7 Å². The van der Waals surface area contributed by atoms with Gasteiger partial charge in [-0.15, -0.1) is 0 Å². The van der Waals surface area contributed by atoms with Gasteiger partial charge < -0.3 is 5.32 Å². The van der Waals surface area contributed by atoms with Gasteiger partial charge in [-0.1, -0.05) is 11.6 Å². The Hall–Kier alpha value is -1.81. The summed E-state index contributed by atoms with van der Waals surface area (Å²) in [5, 5.41) is 7.70. The molecule has 0 saturated carbocycles. The SMILES string of the molecule is CCn1nc(C)cc1C(=O)Nc1ccc(Cl)cc1. The van der Waals surface area contributed by atoms with Gasteiger partial charge >= 0.3 is 0 Å². The Balaban J connectivity index is 2.19. The van der Waals surface area contributed by atoms with Crippen molar-refractivity contribution < 1.29 is 4.79 Å². The van der Waals surface area contributed by atoms with Crippen molar-refractivity contribution in [1.82, 2.24) is 9.78 Å². The molecule has 0 unspecified atom stereocenters. The van der Waals surface area contributed by atoms with E-state index in [0.29, 0.717) is 22.9 Å². The Kier molecular flexibility index (Phi) is 3.67. The Morgan fingerprint density at radius 3 is 2.67 bits per heavy atom. The number of amides is 1. The molecule has 1 heterocycles. The molecule has 0 aliphatic rings. The Bertz CT molecular complexity index is 560. The van der Waals surface area contributed by atoms with Crippen molar-refractivity contribution in [1.29, 1.82) is 0 Å². The summed E-state index contributed by atoms with van der Waals surface area (Å²) in [7, 11) is 0. The molecule has 5 heteroatoms. The number of aryl methyl sites for hydroxylation is 2. The predicted molar refractivity (Wildman–Crippen MR) is 72.0 cm³/mol. The molecule has 1 amide bonds. The lowest BCUT2D eigenvalue weighted by Gasteiger charge is -2.06. The Morgan fingerprint density at radius 1 is 1.39 bits per heavy atom. The first-order chi connectivity index (χ1) is 8.60. The van der Waals surface area contributed by atoms with E-state index in [2.05, 4.69) is 10.4 Å². The molecular weight excluding hydrogens is 250 g/mol. The maximum absolute atomic E-state index is 12.1. The largest absolute Gasteiger partial charge is 0.321 e. The number of hydrogen-bond acceptors (Lipinski definition) is 2. The normalized spacial score (nSPS) is 10.4. The molecule has 0 fully saturated rings. The summed E-state index contributed by atoms with van der Waals surface area (Å²) in [6.07, 6.45) is 0. The van der Waals surface area contributed by atoms with Gasteiger partial charge in [-0.05, 0) is 44.2 Å². The van der Waals surface area contributed by atoms with E-state index < -0.39 is 0 Å². The lowest BCUT2D eigenvalue weighted by molar-refractivity contribution is 0.101. The second-order valence-electron chi connectivity index (χ2n) is 3.95. The van der Waals surface area contributed by atoms with Crippen LogP contribution in [0.1, 0.15) is 23.1 Å². The zero-order chi connectivity index (χ0) is 13.1. The zero-order valence-corrected chi connectivity index (χ0v) is 11.0. The number of rotatable bonds is 3. The molecule has 0 aliphatic carbocycles. The van der Waals surface area contributed by atoms with E-state index >= 15 is 0 Å². The van der Waals surface area contributed by atoms with Crippen LogP contribution in [-0.2, 0) is 6.54 Å². The summed E-state index contributed by atoms with van der Waals surface area (Å²) in [6.45, 7) is 4.48. The van der Waals surface area contributed by atoms with Crippen LogP contribution in [0.5, 0.6) is 0 Å². The third-order valence-electron chi connectivity index (χ3n) is 2.54. The van der Waals surface area contributed by atoms with Crippen LogP contribution in [0.4, 0.5) is 5.69 Å². The van der Waals surface area contributed by atoms with Crippen molar-refractivity contribution in [2.24, 2.45) is 0 Å². The third kappa shape index (κ3) is 2.71. The summed E-state index contributed by atoms with van der Waals surface area (Å²) in [5.41, 5.74) is 2.11. The van der Waals surface area contributed by atoms with Crippen LogP contribution in [0.2, 0.25) is 5.02 Å². The van der Waals surface area contributed by atoms with Crippen molar-refractivity contribution in [3.63, 3.8) is 0 Å². The number of anilines is 1. The number of hydrogen-bond donors (Lipinski definition) is 1. The topological polar surface area (TPSA) is 46.9 Å². The van der Waals surface area contributed by atoms with Gasteiger partial charge in [0.05, 0.1) is 5.69 Å². The fraction of sp³-hybridized carbons (Fsp3) is 0.231. The minimum atomic E-state index is -0.167. The van der Waals surface area contributed by atoms with Crippen LogP contribution in [0, 0.1) is 6.92 Å². The van der Waals surface area contributed by atoms with Crippen molar-refractivity contribution in [2.45, 2.75) is 20.4 Å². The van der Waals surface area contributed by atoms with Gasteiger partial charge in [0.1, 0.15) is 5.69 Å². The van der Waals surface area contributed by atoms with Crippen LogP contribution < -0.4 is 5.32 Å². The monoisotopic (exact) mass is 263 g/mol. The van der Waals surface area contributed by atoms with E-state index in [4.69, 9.17) is 11.6 Å². The standard InChI is InChI=1S/C13H14ClN3O/c1-3-17-12(8-9(2)16-17)13(18)15-11-6-4-10(14)5-7-11/h4-8H,3H2,1-2H3,(H,15,18). The van der Waals surface area contributed by atoms with Crippen molar-refractivity contribution in [2.75, 3.05) is 5.32 Å². The number of carbonyl (C=O) groups is 1. The summed E-state index contributed by atoms with van der Waals surface area (Å²) < 4.78 is 1.68. The van der Waals surface area contributed by atoms with E-state index in [9.17, 15) is 4.79 Å². The second kappa shape index (κ2) is 5.23. The van der Waals surface area contributed by atoms with E-state index in [1.165, 1.54) is 0 Å². The van der Waals surface area contributed by atoms with Crippen LogP contribution in [0.15, 0.2) is 30.3 Å². The Morgan fingerprint density at radius 2 is 2.06 bits per heavy atom. The summed E-state index contributed by atoms with van der Waals surface area (Å²) in [4.78, 5) is 12.1. The highest BCUT2D eigenvalue weighted by Gasteiger charge is 2.12. The highest BCUT2D eigenvalue weighted by molar-refractivity contribution is 6.30. The fourth-order valence-electron chi connectivity index (χ4n) is 1.70. The second-order valence-corrected chi connectivity index (χ2v) is 4.38. The fourth-order valence-corrected chi connectivity index (χ4v) is 1.82. The van der Waals surface area contributed by atoms with E-state index in [-0.39, 0.29) is 5.91 Å². The molecule has 0 bridgehead atoms. The smallest absolute Gasteiger partial charge is 0.273 e. The highest BCUT2D eigenvalue weighted by atomic mass is 35.5. The van der Waals surface area contributed by atoms with Crippen LogP contribution in [-0.4, -0.2) is 15.7 Å². The number of nitrogens with zero attached hydrogens (tertiary/aromatic N) is 2. The molecule has 18 heavy (non-hydrogen) atoms. The van der Waals surface area contributed by atoms with Gasteiger partial charge in [-0.2, -0.15) is 5.10 Å². The van der Waals surface area contributed by atoms with E-state index in [1.807, 2.05) is 13.8 Å². The van der Waals surface area contributed by atoms with Gasteiger partial charge in [-0.25, -0.2) is 0 Å². The third-order valence-corrected chi connectivity index (χ3v) is 2.79. The lowest BCUT2D eigenvalue weighted by atomic mass is 10.3. The van der Waals surface area contributed by atoms with Gasteiger partial charge in [0.15, 0.2) is 0 Å². The van der Waals surface area contributed by atoms with Crippen molar-refractivity contribution >= 4 is 23.2 Å². The van der Waals surface area contributed by atoms with Crippen molar-refractivity contribution in [3.8, 4) is 0 Å². The average molecular weight is 264 g/mol. The molecule has 0 radical (unpaired) electrons. The summed E-state index contributed by atoms with van der Waals surface area (Å²) in [5.74, 6) is -0.167. The molecule has 1 aromatic heterocycles. The number of carbonyl (C=O) groups excluding carboxylic acids is 1. The molecular formula is C13H14ClN3O. The molecule has 94 valence electrons. The van der Waals surface area contributed by atoms with Gasteiger partial charge in [-0.3, -0.25) is 9.48 Å². The first-order valence-corrected chi connectivity index (χ1v) is 6.09. The average Bonchev–Trinajstić information content (AvgIpc) is 2.73. The molecule has 1 aromatic carbocycles. The van der Waals surface area contributed by atoms with Crippen LogP contribution in [0.25, 0.3) is 0 Å². The maximum atomic E-state index is 12.1. The maximum Gasteiger partial charge on any atom is 0.273 e. The lowest BCUT2D eigenvalue weighted by Crippen LogP contribution is -2.17. The first kappa shape index (κ1) is 12.6. The molecule has 2 rings (SSSR count). The molecule has 0 spiro atoms. The summed E-state index contributed by atoms with van der Waals surface area (Å²) >= 11 is 5.79. The minimum absolute atomic E-state index is 0.167. The predicted octanol–water partition coefficient (Wildman–Crippen LogP) is 3.12. The first-order valence-electron chi connectivity index (χ1n) is 5.71. The van der Waals surface area contributed by atoms with E-state index in [1.54, 1.807) is 35.0 Å². The van der Waals surface area contributed by atoms with Crippen LogP contribution >= 0.6 is 11.6 Å². The minimum Gasteiger partial charge on any atom is -0.321 e.